The molecular formula is C21H18F2N2O5. The van der Waals surface area contributed by atoms with Crippen molar-refractivity contribution >= 4 is 11.7 Å². The van der Waals surface area contributed by atoms with Crippen molar-refractivity contribution in [1.29, 1.82) is 0 Å². The Bertz CT molecular complexity index is 1010. The number of hydrogen-bond donors (Lipinski definition) is 1. The van der Waals surface area contributed by atoms with Gasteiger partial charge in [0.15, 0.2) is 17.3 Å². The van der Waals surface area contributed by atoms with Gasteiger partial charge in [-0.15, -0.1) is 8.78 Å². The van der Waals surface area contributed by atoms with E-state index < -0.39 is 6.29 Å². The summed E-state index contributed by atoms with van der Waals surface area (Å²) in [5.41, 5.74) is 0.0508. The zero-order valence-electron chi connectivity index (χ0n) is 15.8. The predicted octanol–water partition coefficient (Wildman–Crippen LogP) is 3.09. The van der Waals surface area contributed by atoms with Gasteiger partial charge in [-0.2, -0.15) is 0 Å². The molecule has 156 valence electrons. The van der Waals surface area contributed by atoms with Crippen LogP contribution in [-0.4, -0.2) is 35.1 Å². The smallest absolute Gasteiger partial charge is 0.486 e. The van der Waals surface area contributed by atoms with E-state index in [9.17, 15) is 18.4 Å². The van der Waals surface area contributed by atoms with E-state index in [1.807, 2.05) is 0 Å². The van der Waals surface area contributed by atoms with Crippen molar-refractivity contribution in [3.05, 3.63) is 48.3 Å². The van der Waals surface area contributed by atoms with Crippen LogP contribution in [0.4, 0.5) is 8.78 Å². The first kappa shape index (κ1) is 18.8. The Morgan fingerprint density at radius 1 is 1.10 bits per heavy atom. The van der Waals surface area contributed by atoms with Gasteiger partial charge in [-0.05, 0) is 48.9 Å². The summed E-state index contributed by atoms with van der Waals surface area (Å²) in [6.07, 6.45) is 0.499. The van der Waals surface area contributed by atoms with Crippen LogP contribution in [0.3, 0.4) is 0 Å². The summed E-state index contributed by atoms with van der Waals surface area (Å²) in [7, 11) is 0. The third-order valence-electron chi connectivity index (χ3n) is 5.76. The molecule has 7 nitrogen and oxygen atoms in total. The molecule has 3 saturated carbocycles. The quantitative estimate of drug-likeness (QED) is 0.747. The van der Waals surface area contributed by atoms with Crippen LogP contribution in [0.1, 0.15) is 36.2 Å². The third kappa shape index (κ3) is 3.34. The molecule has 1 aliphatic heterocycles. The number of carbonyl (C=O) groups is 2. The van der Waals surface area contributed by atoms with Crippen molar-refractivity contribution < 1.29 is 32.6 Å². The summed E-state index contributed by atoms with van der Waals surface area (Å²) in [4.78, 5) is 28.6. The Morgan fingerprint density at radius 3 is 2.60 bits per heavy atom. The molecule has 1 N–H and O–H groups in total. The molecule has 30 heavy (non-hydrogen) atoms. The fourth-order valence-electron chi connectivity index (χ4n) is 4.77. The van der Waals surface area contributed by atoms with Gasteiger partial charge in [-0.25, -0.2) is 0 Å². The highest BCUT2D eigenvalue weighted by Gasteiger charge is 2.68. The molecule has 1 amide bonds. The van der Waals surface area contributed by atoms with E-state index in [-0.39, 0.29) is 46.5 Å². The minimum absolute atomic E-state index is 0.0782. The topological polar surface area (TPSA) is 86.8 Å². The van der Waals surface area contributed by atoms with E-state index in [2.05, 4.69) is 19.8 Å². The molecule has 0 atom stereocenters. The summed E-state index contributed by atoms with van der Waals surface area (Å²) < 4.78 is 40.2. The largest absolute Gasteiger partial charge is 0.586 e. The van der Waals surface area contributed by atoms with Gasteiger partial charge >= 0.3 is 6.29 Å². The Hall–Kier alpha value is -3.23. The van der Waals surface area contributed by atoms with Crippen molar-refractivity contribution in [3.8, 4) is 17.2 Å². The van der Waals surface area contributed by atoms with E-state index in [1.165, 1.54) is 18.2 Å². The molecule has 0 unspecified atom stereocenters. The van der Waals surface area contributed by atoms with E-state index in [4.69, 9.17) is 4.74 Å². The summed E-state index contributed by atoms with van der Waals surface area (Å²) >= 11 is 0. The molecule has 6 rings (SSSR count). The summed E-state index contributed by atoms with van der Waals surface area (Å²) in [5.74, 6) is -0.241. The number of hydrogen-bond acceptors (Lipinski definition) is 6. The van der Waals surface area contributed by atoms with Crippen LogP contribution < -0.4 is 19.5 Å². The lowest BCUT2D eigenvalue weighted by Gasteiger charge is -2.70. The molecule has 3 fully saturated rings. The SMILES string of the molecule is O=C(COc1ccc2c(c1)OC(F)(F)O2)CC12CC(NC(=O)c3ccccn3)(C1)C2. The number of pyridine rings is 1. The van der Waals surface area contributed by atoms with Crippen molar-refractivity contribution in [2.45, 2.75) is 37.5 Å². The van der Waals surface area contributed by atoms with Gasteiger partial charge in [0.25, 0.3) is 5.91 Å². The average Bonchev–Trinajstić information content (AvgIpc) is 2.97. The van der Waals surface area contributed by atoms with E-state index in [0.717, 1.165) is 19.3 Å². The molecule has 3 aliphatic carbocycles. The second kappa shape index (κ2) is 6.38. The number of aromatic nitrogens is 1. The first-order valence-corrected chi connectivity index (χ1v) is 9.54. The Labute approximate surface area is 170 Å². The number of fused-ring (bicyclic) bond motifs is 1. The van der Waals surface area contributed by atoms with Crippen molar-refractivity contribution in [2.24, 2.45) is 5.41 Å². The number of nitrogens with one attached hydrogen (secondary N) is 1. The molecule has 9 heteroatoms. The standard InChI is InChI=1S/C21H18F2N2O5/c22-21(23)29-16-5-4-14(7-17(16)30-21)28-9-13(26)8-19-10-20(11-19,12-19)25-18(27)15-3-1-2-6-24-15/h1-7H,8-12H2,(H,25,27). The third-order valence-corrected chi connectivity index (χ3v) is 5.76. The Morgan fingerprint density at radius 2 is 1.87 bits per heavy atom. The van der Waals surface area contributed by atoms with Gasteiger partial charge in [-0.3, -0.25) is 14.6 Å². The normalized spacial score (nSPS) is 26.9. The number of Topliss-reactive ketones (excluding diaryl/α,β-unsaturated/α-hetero) is 1. The van der Waals surface area contributed by atoms with Crippen LogP contribution in [0, 0.1) is 5.41 Å². The number of rotatable bonds is 7. The Kier molecular flexibility index (Phi) is 4.00. The number of benzene rings is 1. The number of ether oxygens (including phenoxy) is 3. The second-order valence-corrected chi connectivity index (χ2v) is 8.26. The van der Waals surface area contributed by atoms with Gasteiger partial charge in [0.05, 0.1) is 0 Å². The molecule has 0 saturated heterocycles. The molecule has 4 aliphatic rings. The highest BCUT2D eigenvalue weighted by Crippen LogP contribution is 2.69. The van der Waals surface area contributed by atoms with Crippen LogP contribution >= 0.6 is 0 Å². The minimum Gasteiger partial charge on any atom is -0.486 e. The van der Waals surface area contributed by atoms with Gasteiger partial charge in [0, 0.05) is 24.2 Å². The second-order valence-electron chi connectivity index (χ2n) is 8.26. The van der Waals surface area contributed by atoms with Gasteiger partial charge in [0.1, 0.15) is 18.1 Å². The number of amides is 1. The highest BCUT2D eigenvalue weighted by atomic mass is 19.3. The van der Waals surface area contributed by atoms with Crippen LogP contribution in [0.15, 0.2) is 42.6 Å². The first-order chi connectivity index (χ1) is 14.3. The minimum atomic E-state index is -3.69. The maximum Gasteiger partial charge on any atom is 0.586 e. The molecular weight excluding hydrogens is 398 g/mol. The molecule has 1 aromatic heterocycles. The molecule has 0 radical (unpaired) electrons. The summed E-state index contributed by atoms with van der Waals surface area (Å²) in [6.45, 7) is -0.162. The van der Waals surface area contributed by atoms with Gasteiger partial charge in [0.2, 0.25) is 0 Å². The summed E-state index contributed by atoms with van der Waals surface area (Å²) in [6, 6.07) is 9.20. The molecule has 0 spiro atoms. The predicted molar refractivity (Wildman–Crippen MR) is 98.5 cm³/mol. The van der Waals surface area contributed by atoms with Crippen LogP contribution in [0.25, 0.3) is 0 Å². The maximum atomic E-state index is 13.1. The number of carbonyl (C=O) groups excluding carboxylic acids is 2. The maximum absolute atomic E-state index is 13.1. The van der Waals surface area contributed by atoms with E-state index >= 15 is 0 Å². The lowest BCUT2D eigenvalue weighted by Crippen LogP contribution is -2.75. The number of alkyl halides is 2. The van der Waals surface area contributed by atoms with Crippen molar-refractivity contribution in [3.63, 3.8) is 0 Å². The molecule has 2 heterocycles. The highest BCUT2D eigenvalue weighted by molar-refractivity contribution is 5.93. The molecule has 1 aromatic carbocycles. The fraction of sp³-hybridized carbons (Fsp3) is 0.381. The lowest BCUT2D eigenvalue weighted by atomic mass is 9.38. The molecule has 2 bridgehead atoms. The molecule has 2 aromatic rings. The van der Waals surface area contributed by atoms with Crippen molar-refractivity contribution in [2.75, 3.05) is 6.61 Å². The summed E-state index contributed by atoms with van der Waals surface area (Å²) in [5, 5.41) is 3.03. The average molecular weight is 416 g/mol. The van der Waals surface area contributed by atoms with Gasteiger partial charge < -0.3 is 19.5 Å². The number of halogens is 2. The van der Waals surface area contributed by atoms with Crippen LogP contribution in [0.2, 0.25) is 0 Å². The van der Waals surface area contributed by atoms with E-state index in [0.29, 0.717) is 12.1 Å². The zero-order valence-corrected chi connectivity index (χ0v) is 15.8. The van der Waals surface area contributed by atoms with Crippen LogP contribution in [0.5, 0.6) is 17.2 Å². The Balaban J connectivity index is 1.09. The lowest BCUT2D eigenvalue weighted by molar-refractivity contribution is -0.286. The number of ketones is 1. The monoisotopic (exact) mass is 416 g/mol. The van der Waals surface area contributed by atoms with Crippen molar-refractivity contribution in [1.82, 2.24) is 10.3 Å². The van der Waals surface area contributed by atoms with Gasteiger partial charge in [-0.1, -0.05) is 6.07 Å². The zero-order chi connectivity index (χ0) is 21.0. The van der Waals surface area contributed by atoms with Crippen LogP contribution in [-0.2, 0) is 4.79 Å². The first-order valence-electron chi connectivity index (χ1n) is 9.54. The van der Waals surface area contributed by atoms with E-state index in [1.54, 1.807) is 24.4 Å². The fourth-order valence-corrected chi connectivity index (χ4v) is 4.77. The number of nitrogens with zero attached hydrogens (tertiary/aromatic N) is 1.